The van der Waals surface area contributed by atoms with Crippen molar-refractivity contribution in [2.45, 2.75) is 70.6 Å². The molecule has 0 radical (unpaired) electrons. The molecule has 39 heavy (non-hydrogen) atoms. The van der Waals surface area contributed by atoms with Crippen molar-refractivity contribution in [3.63, 3.8) is 0 Å². The summed E-state index contributed by atoms with van der Waals surface area (Å²) in [6.45, 7) is 8.10. The molecule has 8 heteroatoms. The van der Waals surface area contributed by atoms with Gasteiger partial charge in [-0.15, -0.1) is 0 Å². The molecule has 0 atom stereocenters. The molecule has 0 unspecified atom stereocenters. The van der Waals surface area contributed by atoms with Crippen LogP contribution in [0.4, 0.5) is 8.78 Å². The molecule has 2 aromatic carbocycles. The fourth-order valence-electron chi connectivity index (χ4n) is 5.55. The van der Waals surface area contributed by atoms with Crippen LogP contribution in [0.1, 0.15) is 70.9 Å². The fourth-order valence-corrected chi connectivity index (χ4v) is 5.55. The Labute approximate surface area is 227 Å². The predicted molar refractivity (Wildman–Crippen MR) is 148 cm³/mol. The van der Waals surface area contributed by atoms with E-state index in [4.69, 9.17) is 9.47 Å². The SMILES string of the molecule is CCC(CC)(COC(=O)CC(=O)OCC(CC)(CC)c1c[nH]c2ccc(F)cc12)c1c[nH]c2ccc(F)cc12. The summed E-state index contributed by atoms with van der Waals surface area (Å²) in [6, 6.07) is 9.14. The van der Waals surface area contributed by atoms with Gasteiger partial charge in [0.1, 0.15) is 31.3 Å². The summed E-state index contributed by atoms with van der Waals surface area (Å²) in [4.78, 5) is 31.7. The van der Waals surface area contributed by atoms with Crippen molar-refractivity contribution in [3.05, 3.63) is 71.6 Å². The number of aromatic amines is 2. The number of carbonyl (C=O) groups is 2. The zero-order chi connectivity index (χ0) is 28.2. The van der Waals surface area contributed by atoms with Crippen LogP contribution >= 0.6 is 0 Å². The third-order valence-corrected chi connectivity index (χ3v) is 8.44. The molecule has 2 aromatic heterocycles. The number of H-pyrrole nitrogens is 2. The van der Waals surface area contributed by atoms with E-state index in [1.54, 1.807) is 12.1 Å². The number of hydrogen-bond donors (Lipinski definition) is 2. The van der Waals surface area contributed by atoms with Crippen molar-refractivity contribution >= 4 is 33.7 Å². The van der Waals surface area contributed by atoms with Crippen LogP contribution in [0.5, 0.6) is 0 Å². The number of fused-ring (bicyclic) bond motifs is 2. The fraction of sp³-hybridized carbons (Fsp3) is 0.419. The van der Waals surface area contributed by atoms with Crippen LogP contribution in [0.15, 0.2) is 48.8 Å². The van der Waals surface area contributed by atoms with Gasteiger partial charge in [0.05, 0.1) is 0 Å². The van der Waals surface area contributed by atoms with Gasteiger partial charge in [0.15, 0.2) is 0 Å². The summed E-state index contributed by atoms with van der Waals surface area (Å²) in [7, 11) is 0. The topological polar surface area (TPSA) is 84.2 Å². The second-order valence-corrected chi connectivity index (χ2v) is 10.3. The molecule has 6 nitrogen and oxygen atoms in total. The van der Waals surface area contributed by atoms with Crippen LogP contribution in [-0.2, 0) is 29.9 Å². The van der Waals surface area contributed by atoms with Crippen LogP contribution < -0.4 is 0 Å². The van der Waals surface area contributed by atoms with E-state index in [9.17, 15) is 18.4 Å². The predicted octanol–water partition coefficient (Wildman–Crippen LogP) is 7.22. The van der Waals surface area contributed by atoms with Crippen molar-refractivity contribution in [2.24, 2.45) is 0 Å². The van der Waals surface area contributed by atoms with E-state index in [0.717, 1.165) is 32.9 Å². The van der Waals surface area contributed by atoms with Gasteiger partial charge in [-0.1, -0.05) is 27.7 Å². The van der Waals surface area contributed by atoms with Gasteiger partial charge in [0.25, 0.3) is 0 Å². The maximum Gasteiger partial charge on any atom is 0.317 e. The lowest BCUT2D eigenvalue weighted by molar-refractivity contribution is -0.156. The standard InChI is InChI=1S/C31H36F2N2O4/c1-5-30(6-2,24-16-34-26-11-9-20(32)13-22(24)26)18-38-28(36)15-29(37)39-19-31(7-3,8-4)25-17-35-27-12-10-21(33)14-23(25)27/h9-14,16-17,34-35H,5-8,15,18-19H2,1-4H3. The van der Waals surface area contributed by atoms with E-state index in [2.05, 4.69) is 9.97 Å². The van der Waals surface area contributed by atoms with Crippen LogP contribution in [0.2, 0.25) is 0 Å². The third kappa shape index (κ3) is 5.56. The second-order valence-electron chi connectivity index (χ2n) is 10.3. The summed E-state index contributed by atoms with van der Waals surface area (Å²) in [5.74, 6) is -2.02. The first kappa shape index (κ1) is 28.3. The number of benzene rings is 2. The number of hydrogen-bond acceptors (Lipinski definition) is 4. The average Bonchev–Trinajstić information content (AvgIpc) is 3.55. The molecular formula is C31H36F2N2O4. The number of carbonyl (C=O) groups excluding carboxylic acids is 2. The first-order chi connectivity index (χ1) is 18.7. The van der Waals surface area contributed by atoms with Gasteiger partial charge in [-0.2, -0.15) is 0 Å². The first-order valence-electron chi connectivity index (χ1n) is 13.6. The van der Waals surface area contributed by atoms with E-state index in [-0.39, 0.29) is 24.8 Å². The van der Waals surface area contributed by atoms with Gasteiger partial charge < -0.3 is 19.4 Å². The van der Waals surface area contributed by atoms with Gasteiger partial charge in [0, 0.05) is 45.0 Å². The van der Waals surface area contributed by atoms with Gasteiger partial charge in [-0.3, -0.25) is 9.59 Å². The molecule has 0 aliphatic rings. The lowest BCUT2D eigenvalue weighted by Crippen LogP contribution is -2.33. The molecule has 0 amide bonds. The Morgan fingerprint density at radius 2 is 1.08 bits per heavy atom. The average molecular weight is 539 g/mol. The Morgan fingerprint density at radius 3 is 1.44 bits per heavy atom. The third-order valence-electron chi connectivity index (χ3n) is 8.44. The minimum atomic E-state index is -0.676. The number of nitrogens with one attached hydrogen (secondary N) is 2. The Morgan fingerprint density at radius 1 is 0.692 bits per heavy atom. The molecule has 0 aliphatic carbocycles. The number of ether oxygens (including phenoxy) is 2. The molecule has 0 aliphatic heterocycles. The minimum Gasteiger partial charge on any atom is -0.464 e. The largest absolute Gasteiger partial charge is 0.464 e. The Kier molecular flexibility index (Phi) is 8.42. The molecule has 0 spiro atoms. The smallest absolute Gasteiger partial charge is 0.317 e. The molecular weight excluding hydrogens is 502 g/mol. The first-order valence-corrected chi connectivity index (χ1v) is 13.6. The maximum absolute atomic E-state index is 14.0. The molecule has 208 valence electrons. The number of esters is 2. The highest BCUT2D eigenvalue weighted by molar-refractivity contribution is 5.91. The number of rotatable bonds is 12. The highest BCUT2D eigenvalue weighted by atomic mass is 19.1. The lowest BCUT2D eigenvalue weighted by Gasteiger charge is -2.31. The van der Waals surface area contributed by atoms with E-state index < -0.39 is 29.2 Å². The van der Waals surface area contributed by atoms with Crippen LogP contribution in [0, 0.1) is 11.6 Å². The monoisotopic (exact) mass is 538 g/mol. The molecule has 0 saturated carbocycles. The molecule has 4 rings (SSSR count). The van der Waals surface area contributed by atoms with E-state index >= 15 is 0 Å². The molecule has 0 fully saturated rings. The summed E-state index contributed by atoms with van der Waals surface area (Å²) < 4.78 is 39.1. The highest BCUT2D eigenvalue weighted by Crippen LogP contribution is 2.38. The Bertz CT molecular complexity index is 1350. The zero-order valence-electron chi connectivity index (χ0n) is 23.0. The molecule has 0 bridgehead atoms. The van der Waals surface area contributed by atoms with Crippen molar-refractivity contribution < 1.29 is 27.8 Å². The zero-order valence-corrected chi connectivity index (χ0v) is 23.0. The number of halogens is 2. The second kappa shape index (κ2) is 11.6. The van der Waals surface area contributed by atoms with E-state index in [1.165, 1.54) is 24.3 Å². The maximum atomic E-state index is 14.0. The Hall–Kier alpha value is -3.68. The van der Waals surface area contributed by atoms with Gasteiger partial charge >= 0.3 is 11.9 Å². The highest BCUT2D eigenvalue weighted by Gasteiger charge is 2.35. The minimum absolute atomic E-state index is 0.0599. The normalized spacial score (nSPS) is 12.3. The van der Waals surface area contributed by atoms with Gasteiger partial charge in [-0.25, -0.2) is 8.78 Å². The van der Waals surface area contributed by atoms with E-state index in [0.29, 0.717) is 25.7 Å². The Balaban J connectivity index is 1.42. The van der Waals surface area contributed by atoms with Crippen molar-refractivity contribution in [2.75, 3.05) is 13.2 Å². The van der Waals surface area contributed by atoms with Gasteiger partial charge in [0.2, 0.25) is 0 Å². The molecule has 4 aromatic rings. The van der Waals surface area contributed by atoms with Crippen LogP contribution in [-0.4, -0.2) is 35.1 Å². The molecule has 0 saturated heterocycles. The number of aromatic nitrogens is 2. The quantitative estimate of drug-likeness (QED) is 0.147. The van der Waals surface area contributed by atoms with Crippen LogP contribution in [0.25, 0.3) is 21.8 Å². The van der Waals surface area contributed by atoms with E-state index in [1.807, 2.05) is 40.1 Å². The molecule has 2 heterocycles. The van der Waals surface area contributed by atoms with Crippen molar-refractivity contribution in [1.82, 2.24) is 9.97 Å². The van der Waals surface area contributed by atoms with Gasteiger partial charge in [-0.05, 0) is 73.2 Å². The lowest BCUT2D eigenvalue weighted by atomic mass is 9.76. The van der Waals surface area contributed by atoms with Crippen LogP contribution in [0.3, 0.4) is 0 Å². The summed E-state index contributed by atoms with van der Waals surface area (Å²) in [5.41, 5.74) is 2.30. The molecule has 2 N–H and O–H groups in total. The summed E-state index contributed by atoms with van der Waals surface area (Å²) in [6.07, 6.45) is 5.79. The summed E-state index contributed by atoms with van der Waals surface area (Å²) in [5, 5.41) is 1.50. The van der Waals surface area contributed by atoms with Crippen molar-refractivity contribution in [3.8, 4) is 0 Å². The summed E-state index contributed by atoms with van der Waals surface area (Å²) >= 11 is 0. The van der Waals surface area contributed by atoms with Crippen molar-refractivity contribution in [1.29, 1.82) is 0 Å².